The van der Waals surface area contributed by atoms with E-state index in [1.807, 2.05) is 0 Å². The predicted molar refractivity (Wildman–Crippen MR) is 89.6 cm³/mol. The summed E-state index contributed by atoms with van der Waals surface area (Å²) >= 11 is 0. The third-order valence-electron chi connectivity index (χ3n) is 5.37. The minimum atomic E-state index is 0.341. The van der Waals surface area contributed by atoms with E-state index in [1.54, 1.807) is 5.56 Å². The van der Waals surface area contributed by atoms with Crippen LogP contribution in [0.4, 0.5) is 0 Å². The highest BCUT2D eigenvalue weighted by molar-refractivity contribution is 5.34. The summed E-state index contributed by atoms with van der Waals surface area (Å²) in [5.74, 6) is 0. The Balaban J connectivity index is 1.72. The van der Waals surface area contributed by atoms with Gasteiger partial charge in [0.25, 0.3) is 0 Å². The van der Waals surface area contributed by atoms with Crippen molar-refractivity contribution in [1.29, 1.82) is 0 Å². The van der Waals surface area contributed by atoms with Gasteiger partial charge in [0.1, 0.15) is 0 Å². The summed E-state index contributed by atoms with van der Waals surface area (Å²) in [6.07, 6.45) is 5.26. The quantitative estimate of drug-likeness (QED) is 0.906. The monoisotopic (exact) mass is 286 g/mol. The van der Waals surface area contributed by atoms with Crippen molar-refractivity contribution in [3.05, 3.63) is 35.4 Å². The summed E-state index contributed by atoms with van der Waals surface area (Å²) in [5, 5.41) is 3.95. The lowest BCUT2D eigenvalue weighted by molar-refractivity contribution is 0.181. The van der Waals surface area contributed by atoms with Crippen molar-refractivity contribution in [3.63, 3.8) is 0 Å². The summed E-state index contributed by atoms with van der Waals surface area (Å²) in [7, 11) is 0. The zero-order valence-corrected chi connectivity index (χ0v) is 13.9. The van der Waals surface area contributed by atoms with Gasteiger partial charge in [-0.25, -0.2) is 0 Å². The summed E-state index contributed by atoms with van der Waals surface area (Å²) in [4.78, 5) is 2.61. The predicted octanol–water partition coefficient (Wildman–Crippen LogP) is 3.77. The van der Waals surface area contributed by atoms with Gasteiger partial charge in [-0.2, -0.15) is 0 Å². The number of likely N-dealkylation sites (tertiary alicyclic amines) is 1. The normalized spacial score (nSPS) is 26.5. The maximum absolute atomic E-state index is 3.95. The Morgan fingerprint density at radius 3 is 2.71 bits per heavy atom. The van der Waals surface area contributed by atoms with Crippen LogP contribution in [-0.2, 0) is 6.42 Å². The minimum Gasteiger partial charge on any atom is -0.306 e. The summed E-state index contributed by atoms with van der Waals surface area (Å²) in [5.41, 5.74) is 3.41. The number of aryl methyl sites for hydroxylation is 1. The van der Waals surface area contributed by atoms with Crippen LogP contribution in [0.2, 0.25) is 0 Å². The Morgan fingerprint density at radius 2 is 1.95 bits per heavy atom. The zero-order chi connectivity index (χ0) is 14.9. The van der Waals surface area contributed by atoms with Gasteiger partial charge in [-0.15, -0.1) is 0 Å². The first-order valence-electron chi connectivity index (χ1n) is 8.62. The van der Waals surface area contributed by atoms with Crippen LogP contribution in [0.1, 0.15) is 57.2 Å². The van der Waals surface area contributed by atoms with Crippen molar-refractivity contribution in [1.82, 2.24) is 10.2 Å². The molecular formula is C19H30N2. The largest absolute Gasteiger partial charge is 0.306 e. The molecule has 0 bridgehead atoms. The van der Waals surface area contributed by atoms with E-state index in [-0.39, 0.29) is 0 Å². The van der Waals surface area contributed by atoms with Crippen molar-refractivity contribution in [2.75, 3.05) is 19.6 Å². The van der Waals surface area contributed by atoms with Gasteiger partial charge in [-0.05, 0) is 62.2 Å². The first-order chi connectivity index (χ1) is 10.1. The van der Waals surface area contributed by atoms with Crippen molar-refractivity contribution < 1.29 is 0 Å². The van der Waals surface area contributed by atoms with Crippen LogP contribution >= 0.6 is 0 Å². The van der Waals surface area contributed by atoms with Crippen LogP contribution in [0.5, 0.6) is 0 Å². The molecule has 3 rings (SSSR count). The molecule has 0 aromatic heterocycles. The van der Waals surface area contributed by atoms with E-state index in [2.05, 4.69) is 55.3 Å². The molecule has 21 heavy (non-hydrogen) atoms. The van der Waals surface area contributed by atoms with Crippen LogP contribution < -0.4 is 5.32 Å². The van der Waals surface area contributed by atoms with Crippen molar-refractivity contribution in [2.45, 2.75) is 58.5 Å². The van der Waals surface area contributed by atoms with Crippen LogP contribution in [0.25, 0.3) is 0 Å². The molecule has 0 spiro atoms. The van der Waals surface area contributed by atoms with E-state index in [0.717, 1.165) is 0 Å². The Bertz CT molecular complexity index is 474. The lowest BCUT2D eigenvalue weighted by Crippen LogP contribution is -2.46. The van der Waals surface area contributed by atoms with E-state index >= 15 is 0 Å². The number of rotatable bonds is 4. The molecular weight excluding hydrogens is 256 g/mol. The molecule has 1 fully saturated rings. The van der Waals surface area contributed by atoms with Gasteiger partial charge in [0, 0.05) is 18.6 Å². The van der Waals surface area contributed by atoms with Gasteiger partial charge < -0.3 is 10.2 Å². The van der Waals surface area contributed by atoms with Gasteiger partial charge >= 0.3 is 0 Å². The van der Waals surface area contributed by atoms with Gasteiger partial charge in [0.2, 0.25) is 0 Å². The van der Waals surface area contributed by atoms with Gasteiger partial charge in [0.05, 0.1) is 0 Å². The fourth-order valence-electron chi connectivity index (χ4n) is 4.07. The Hall–Kier alpha value is -0.860. The lowest BCUT2D eigenvalue weighted by Gasteiger charge is -2.42. The fourth-order valence-corrected chi connectivity index (χ4v) is 4.07. The zero-order valence-electron chi connectivity index (χ0n) is 13.9. The molecule has 1 aliphatic heterocycles. The van der Waals surface area contributed by atoms with Gasteiger partial charge in [0.15, 0.2) is 0 Å². The van der Waals surface area contributed by atoms with Crippen molar-refractivity contribution >= 4 is 0 Å². The number of hydrogen-bond donors (Lipinski definition) is 1. The molecule has 1 saturated heterocycles. The van der Waals surface area contributed by atoms with Crippen LogP contribution in [-0.4, -0.2) is 30.6 Å². The highest BCUT2D eigenvalue weighted by Crippen LogP contribution is 2.43. The highest BCUT2D eigenvalue weighted by Gasteiger charge is 2.36. The topological polar surface area (TPSA) is 15.3 Å². The molecule has 1 aromatic rings. The maximum atomic E-state index is 3.95. The molecule has 1 N–H and O–H groups in total. The van der Waals surface area contributed by atoms with Crippen LogP contribution in [0, 0.1) is 5.41 Å². The van der Waals surface area contributed by atoms with E-state index in [9.17, 15) is 0 Å². The average Bonchev–Trinajstić information content (AvgIpc) is 2.95. The summed E-state index contributed by atoms with van der Waals surface area (Å²) < 4.78 is 0. The molecule has 2 nitrogen and oxygen atoms in total. The number of nitrogens with zero attached hydrogens (tertiary/aromatic N) is 1. The van der Waals surface area contributed by atoms with E-state index in [1.165, 1.54) is 50.9 Å². The third-order valence-corrected chi connectivity index (χ3v) is 5.37. The number of benzene rings is 1. The molecule has 1 heterocycles. The molecule has 2 heteroatoms. The lowest BCUT2D eigenvalue weighted by atomic mass is 9.70. The van der Waals surface area contributed by atoms with Gasteiger partial charge in [-0.3, -0.25) is 0 Å². The summed E-state index contributed by atoms with van der Waals surface area (Å²) in [6, 6.07) is 10.1. The number of fused-ring (bicyclic) bond motifs is 1. The first-order valence-corrected chi connectivity index (χ1v) is 8.62. The van der Waals surface area contributed by atoms with Crippen molar-refractivity contribution in [3.8, 4) is 0 Å². The molecule has 0 saturated carbocycles. The molecule has 0 amide bonds. The smallest absolute Gasteiger partial charge is 0.0377 e. The number of nitrogens with one attached hydrogen (secondary N) is 1. The Morgan fingerprint density at radius 1 is 1.24 bits per heavy atom. The minimum absolute atomic E-state index is 0.341. The summed E-state index contributed by atoms with van der Waals surface area (Å²) in [6.45, 7) is 11.0. The van der Waals surface area contributed by atoms with Gasteiger partial charge in [-0.1, -0.05) is 38.1 Å². The molecule has 1 aromatic carbocycles. The maximum Gasteiger partial charge on any atom is 0.0377 e. The SMILES string of the molecule is CC(CN1CCCC1)NC1c2ccccc2CCC1(C)C. The second kappa shape index (κ2) is 6.10. The van der Waals surface area contributed by atoms with E-state index < -0.39 is 0 Å². The van der Waals surface area contributed by atoms with E-state index in [0.29, 0.717) is 17.5 Å². The average molecular weight is 286 g/mol. The van der Waals surface area contributed by atoms with Crippen molar-refractivity contribution in [2.24, 2.45) is 5.41 Å². The molecule has 2 aliphatic rings. The van der Waals surface area contributed by atoms with Crippen LogP contribution in [0.3, 0.4) is 0 Å². The second-order valence-corrected chi connectivity index (χ2v) is 7.70. The highest BCUT2D eigenvalue weighted by atomic mass is 15.2. The van der Waals surface area contributed by atoms with E-state index in [4.69, 9.17) is 0 Å². The first kappa shape index (κ1) is 15.1. The Labute approximate surface area is 129 Å². The fraction of sp³-hybridized carbons (Fsp3) is 0.684. The second-order valence-electron chi connectivity index (χ2n) is 7.70. The molecule has 116 valence electrons. The molecule has 0 radical (unpaired) electrons. The number of hydrogen-bond acceptors (Lipinski definition) is 2. The molecule has 2 unspecified atom stereocenters. The molecule has 2 atom stereocenters. The third kappa shape index (κ3) is 3.32. The Kier molecular flexibility index (Phi) is 4.37. The molecule has 1 aliphatic carbocycles. The standard InChI is InChI=1S/C19H30N2/c1-15(14-21-12-6-7-13-21)20-18-17-9-5-4-8-16(17)10-11-19(18,2)3/h4-5,8-9,15,18,20H,6-7,10-14H2,1-3H3. The van der Waals surface area contributed by atoms with Crippen LogP contribution in [0.15, 0.2) is 24.3 Å².